The Morgan fingerprint density at radius 1 is 1.33 bits per heavy atom. The zero-order chi connectivity index (χ0) is 15.2. The van der Waals surface area contributed by atoms with Gasteiger partial charge in [-0.05, 0) is 56.2 Å². The average Bonchev–Trinajstić information content (AvgIpc) is 2.48. The third kappa shape index (κ3) is 4.45. The highest BCUT2D eigenvalue weighted by Gasteiger charge is 2.28. The van der Waals surface area contributed by atoms with Crippen molar-refractivity contribution in [3.8, 4) is 5.75 Å². The molecule has 2 rings (SSSR count). The standard InChI is InChI=1S/C18H30N2O/c1-4-14-7-5-8-15(11-14)18(20-19)16-9-6-10-17(12-16)21-13(2)3/h6,9-10,12-15,18,20H,4-5,7-8,11,19H2,1-3H3. The molecule has 3 heteroatoms. The molecule has 0 amide bonds. The summed E-state index contributed by atoms with van der Waals surface area (Å²) in [4.78, 5) is 0. The highest BCUT2D eigenvalue weighted by Crippen LogP contribution is 2.38. The van der Waals surface area contributed by atoms with Crippen LogP contribution in [0.2, 0.25) is 0 Å². The minimum absolute atomic E-state index is 0.198. The van der Waals surface area contributed by atoms with Crippen LogP contribution in [-0.2, 0) is 0 Å². The topological polar surface area (TPSA) is 47.3 Å². The summed E-state index contributed by atoms with van der Waals surface area (Å²) in [5.41, 5.74) is 4.31. The first-order chi connectivity index (χ1) is 10.1. The van der Waals surface area contributed by atoms with Crippen LogP contribution in [0.25, 0.3) is 0 Å². The van der Waals surface area contributed by atoms with E-state index in [0.29, 0.717) is 5.92 Å². The fraction of sp³-hybridized carbons (Fsp3) is 0.667. The second kappa shape index (κ2) is 7.81. The lowest BCUT2D eigenvalue weighted by molar-refractivity contribution is 0.209. The molecule has 3 atom stereocenters. The highest BCUT2D eigenvalue weighted by atomic mass is 16.5. The number of benzene rings is 1. The first kappa shape index (κ1) is 16.3. The van der Waals surface area contributed by atoms with Crippen molar-refractivity contribution in [1.29, 1.82) is 0 Å². The molecule has 0 bridgehead atoms. The Labute approximate surface area is 129 Å². The van der Waals surface area contributed by atoms with E-state index in [1.807, 2.05) is 6.07 Å². The molecule has 3 unspecified atom stereocenters. The van der Waals surface area contributed by atoms with Gasteiger partial charge in [-0.1, -0.05) is 38.3 Å². The number of nitrogens with two attached hydrogens (primary N) is 1. The van der Waals surface area contributed by atoms with Gasteiger partial charge in [-0.3, -0.25) is 11.3 Å². The van der Waals surface area contributed by atoms with Gasteiger partial charge in [0, 0.05) is 6.04 Å². The normalized spacial score (nSPS) is 24.0. The monoisotopic (exact) mass is 290 g/mol. The molecule has 0 saturated heterocycles. The van der Waals surface area contributed by atoms with Crippen LogP contribution < -0.4 is 16.0 Å². The minimum atomic E-state index is 0.198. The predicted octanol–water partition coefficient (Wildman–Crippen LogP) is 4.19. The van der Waals surface area contributed by atoms with Gasteiger partial charge in [0.25, 0.3) is 0 Å². The molecule has 1 fully saturated rings. The van der Waals surface area contributed by atoms with E-state index in [4.69, 9.17) is 10.6 Å². The molecule has 1 aromatic rings. The average molecular weight is 290 g/mol. The summed E-state index contributed by atoms with van der Waals surface area (Å²) in [6.07, 6.45) is 6.72. The van der Waals surface area contributed by atoms with Gasteiger partial charge in [0.1, 0.15) is 5.75 Å². The van der Waals surface area contributed by atoms with Crippen LogP contribution in [0.15, 0.2) is 24.3 Å². The summed E-state index contributed by atoms with van der Waals surface area (Å²) in [7, 11) is 0. The van der Waals surface area contributed by atoms with E-state index >= 15 is 0 Å². The largest absolute Gasteiger partial charge is 0.491 e. The Hall–Kier alpha value is -1.06. The van der Waals surface area contributed by atoms with Crippen molar-refractivity contribution in [1.82, 2.24) is 5.43 Å². The number of rotatable bonds is 6. The smallest absolute Gasteiger partial charge is 0.120 e. The summed E-state index contributed by atoms with van der Waals surface area (Å²) in [6.45, 7) is 6.41. The van der Waals surface area contributed by atoms with Crippen molar-refractivity contribution in [2.45, 2.75) is 65.0 Å². The fourth-order valence-corrected chi connectivity index (χ4v) is 3.56. The van der Waals surface area contributed by atoms with Crippen molar-refractivity contribution < 1.29 is 4.74 Å². The van der Waals surface area contributed by atoms with Crippen molar-refractivity contribution in [3.05, 3.63) is 29.8 Å². The van der Waals surface area contributed by atoms with Gasteiger partial charge in [-0.15, -0.1) is 0 Å². The van der Waals surface area contributed by atoms with Crippen LogP contribution in [0.3, 0.4) is 0 Å². The molecule has 0 aromatic heterocycles. The molecule has 118 valence electrons. The number of ether oxygens (including phenoxy) is 1. The van der Waals surface area contributed by atoms with E-state index in [9.17, 15) is 0 Å². The van der Waals surface area contributed by atoms with Crippen LogP contribution in [0.1, 0.15) is 64.5 Å². The van der Waals surface area contributed by atoms with E-state index in [1.54, 1.807) is 0 Å². The van der Waals surface area contributed by atoms with Gasteiger partial charge in [0.15, 0.2) is 0 Å². The van der Waals surface area contributed by atoms with Gasteiger partial charge in [0.2, 0.25) is 0 Å². The lowest BCUT2D eigenvalue weighted by Gasteiger charge is -2.34. The number of hydrogen-bond donors (Lipinski definition) is 2. The van der Waals surface area contributed by atoms with Crippen LogP contribution >= 0.6 is 0 Å². The minimum Gasteiger partial charge on any atom is -0.491 e. The summed E-state index contributed by atoms with van der Waals surface area (Å²) in [6, 6.07) is 8.62. The molecule has 0 heterocycles. The SMILES string of the molecule is CCC1CCCC(C(NN)c2cccc(OC(C)C)c2)C1. The molecule has 1 saturated carbocycles. The number of hydrogen-bond acceptors (Lipinski definition) is 3. The molecule has 21 heavy (non-hydrogen) atoms. The molecule has 1 aliphatic carbocycles. The van der Waals surface area contributed by atoms with E-state index in [2.05, 4.69) is 44.4 Å². The summed E-state index contributed by atoms with van der Waals surface area (Å²) in [5.74, 6) is 8.30. The van der Waals surface area contributed by atoms with Gasteiger partial charge >= 0.3 is 0 Å². The first-order valence-corrected chi connectivity index (χ1v) is 8.36. The van der Waals surface area contributed by atoms with Crippen LogP contribution in [-0.4, -0.2) is 6.10 Å². The van der Waals surface area contributed by atoms with Gasteiger partial charge in [0.05, 0.1) is 6.10 Å². The Balaban J connectivity index is 2.12. The number of nitrogens with one attached hydrogen (secondary N) is 1. The highest BCUT2D eigenvalue weighted by molar-refractivity contribution is 5.31. The van der Waals surface area contributed by atoms with Crippen molar-refractivity contribution in [2.75, 3.05) is 0 Å². The third-order valence-corrected chi connectivity index (χ3v) is 4.64. The molecule has 0 spiro atoms. The van der Waals surface area contributed by atoms with Crippen molar-refractivity contribution >= 4 is 0 Å². The van der Waals surface area contributed by atoms with Gasteiger partial charge < -0.3 is 4.74 Å². The summed E-state index contributed by atoms with van der Waals surface area (Å²) >= 11 is 0. The fourth-order valence-electron chi connectivity index (χ4n) is 3.56. The lowest BCUT2D eigenvalue weighted by Crippen LogP contribution is -2.35. The van der Waals surface area contributed by atoms with E-state index < -0.39 is 0 Å². The Morgan fingerprint density at radius 3 is 2.81 bits per heavy atom. The van der Waals surface area contributed by atoms with E-state index in [0.717, 1.165) is 11.7 Å². The molecule has 0 radical (unpaired) electrons. The zero-order valence-corrected chi connectivity index (χ0v) is 13.6. The zero-order valence-electron chi connectivity index (χ0n) is 13.6. The maximum Gasteiger partial charge on any atom is 0.120 e. The van der Waals surface area contributed by atoms with Crippen LogP contribution in [0.5, 0.6) is 5.75 Å². The predicted molar refractivity (Wildman–Crippen MR) is 88.0 cm³/mol. The summed E-state index contributed by atoms with van der Waals surface area (Å²) < 4.78 is 5.81. The molecular weight excluding hydrogens is 260 g/mol. The maximum atomic E-state index is 5.88. The Kier molecular flexibility index (Phi) is 6.07. The molecule has 3 N–H and O–H groups in total. The summed E-state index contributed by atoms with van der Waals surface area (Å²) in [5, 5.41) is 0. The Morgan fingerprint density at radius 2 is 2.14 bits per heavy atom. The molecule has 0 aliphatic heterocycles. The van der Waals surface area contributed by atoms with Gasteiger partial charge in [-0.2, -0.15) is 0 Å². The third-order valence-electron chi connectivity index (χ3n) is 4.64. The number of hydrazine groups is 1. The molecule has 1 aliphatic rings. The lowest BCUT2D eigenvalue weighted by atomic mass is 9.75. The second-order valence-corrected chi connectivity index (χ2v) is 6.58. The Bertz CT molecular complexity index is 433. The van der Waals surface area contributed by atoms with Crippen molar-refractivity contribution in [3.63, 3.8) is 0 Å². The first-order valence-electron chi connectivity index (χ1n) is 8.36. The van der Waals surface area contributed by atoms with Crippen molar-refractivity contribution in [2.24, 2.45) is 17.7 Å². The molecule has 1 aromatic carbocycles. The van der Waals surface area contributed by atoms with E-state index in [1.165, 1.54) is 37.7 Å². The molecular formula is C18H30N2O. The van der Waals surface area contributed by atoms with Crippen LogP contribution in [0.4, 0.5) is 0 Å². The van der Waals surface area contributed by atoms with E-state index in [-0.39, 0.29) is 12.1 Å². The molecule has 3 nitrogen and oxygen atoms in total. The van der Waals surface area contributed by atoms with Gasteiger partial charge in [-0.25, -0.2) is 0 Å². The quantitative estimate of drug-likeness (QED) is 0.610. The second-order valence-electron chi connectivity index (χ2n) is 6.58. The maximum absolute atomic E-state index is 5.88. The van der Waals surface area contributed by atoms with Crippen LogP contribution in [0, 0.1) is 11.8 Å².